The third-order valence-corrected chi connectivity index (χ3v) is 1.93. The number of aliphatic hydroxyl groups excluding tert-OH is 1. The van der Waals surface area contributed by atoms with E-state index in [4.69, 9.17) is 10.4 Å². The van der Waals surface area contributed by atoms with Crippen LogP contribution in [0.1, 0.15) is 24.8 Å². The first-order valence-corrected chi connectivity index (χ1v) is 4.36. The van der Waals surface area contributed by atoms with Crippen molar-refractivity contribution in [3.8, 4) is 6.07 Å². The van der Waals surface area contributed by atoms with Gasteiger partial charge in [0.1, 0.15) is 0 Å². The van der Waals surface area contributed by atoms with Gasteiger partial charge in [-0.05, 0) is 18.9 Å². The lowest BCUT2D eigenvalue weighted by Crippen LogP contribution is -2.06. The van der Waals surface area contributed by atoms with Crippen LogP contribution in [0.25, 0.3) is 0 Å². The minimum Gasteiger partial charge on any atom is -0.393 e. The quantitative estimate of drug-likeness (QED) is 0.764. The van der Waals surface area contributed by atoms with E-state index >= 15 is 0 Å². The maximum Gasteiger partial charge on any atom is 0.0737 e. The highest BCUT2D eigenvalue weighted by Crippen LogP contribution is 2.19. The summed E-state index contributed by atoms with van der Waals surface area (Å²) in [6, 6.07) is 11.7. The zero-order valence-electron chi connectivity index (χ0n) is 7.64. The minimum absolute atomic E-state index is 0.193. The maximum absolute atomic E-state index is 9.16. The lowest BCUT2D eigenvalue weighted by molar-refractivity contribution is 0.180. The van der Waals surface area contributed by atoms with Crippen LogP contribution in [0.3, 0.4) is 0 Å². The van der Waals surface area contributed by atoms with Crippen LogP contribution >= 0.6 is 0 Å². The van der Waals surface area contributed by atoms with E-state index in [1.54, 1.807) is 6.92 Å². The second-order valence-electron chi connectivity index (χ2n) is 3.18. The molecule has 0 heterocycles. The number of nitriles is 1. The van der Waals surface area contributed by atoms with Crippen molar-refractivity contribution in [2.75, 3.05) is 0 Å². The summed E-state index contributed by atoms with van der Waals surface area (Å²) in [5.74, 6) is -0.193. The smallest absolute Gasteiger partial charge is 0.0737 e. The van der Waals surface area contributed by atoms with Crippen LogP contribution < -0.4 is 0 Å². The lowest BCUT2D eigenvalue weighted by Gasteiger charge is -2.10. The Labute approximate surface area is 78.4 Å². The molecule has 0 fully saturated rings. The van der Waals surface area contributed by atoms with Gasteiger partial charge < -0.3 is 5.11 Å². The lowest BCUT2D eigenvalue weighted by atomic mass is 9.95. The maximum atomic E-state index is 9.16. The van der Waals surface area contributed by atoms with Crippen LogP contribution in [0.5, 0.6) is 0 Å². The fraction of sp³-hybridized carbons (Fsp3) is 0.364. The zero-order valence-corrected chi connectivity index (χ0v) is 7.64. The first-order chi connectivity index (χ1) is 6.24. The molecular weight excluding hydrogens is 162 g/mol. The molecule has 1 N–H and O–H groups in total. The molecule has 0 bridgehead atoms. The number of hydrogen-bond acceptors (Lipinski definition) is 2. The highest BCUT2D eigenvalue weighted by atomic mass is 16.3. The van der Waals surface area contributed by atoms with E-state index in [1.165, 1.54) is 0 Å². The van der Waals surface area contributed by atoms with E-state index in [2.05, 4.69) is 6.07 Å². The molecule has 2 nitrogen and oxygen atoms in total. The molecule has 0 amide bonds. The molecule has 0 saturated carbocycles. The Bertz CT molecular complexity index is 287. The number of benzene rings is 1. The van der Waals surface area contributed by atoms with Gasteiger partial charge in [0.2, 0.25) is 0 Å². The molecule has 0 saturated heterocycles. The fourth-order valence-corrected chi connectivity index (χ4v) is 1.29. The van der Waals surface area contributed by atoms with Crippen molar-refractivity contribution in [2.24, 2.45) is 0 Å². The third kappa shape index (κ3) is 2.89. The van der Waals surface area contributed by atoms with E-state index in [9.17, 15) is 0 Å². The number of aliphatic hydroxyl groups is 1. The standard InChI is InChI=1S/C11H13NO/c1-9(13)7-11(8-12)10-5-3-2-4-6-10/h2-6,9,11,13H,7H2,1H3. The Balaban J connectivity index is 2.75. The van der Waals surface area contributed by atoms with Crippen molar-refractivity contribution >= 4 is 0 Å². The van der Waals surface area contributed by atoms with Crippen molar-refractivity contribution in [1.82, 2.24) is 0 Å². The SMILES string of the molecule is CC(O)CC(C#N)c1ccccc1. The molecule has 1 rings (SSSR count). The molecule has 0 aliphatic rings. The second-order valence-corrected chi connectivity index (χ2v) is 3.18. The van der Waals surface area contributed by atoms with E-state index in [-0.39, 0.29) is 5.92 Å². The first-order valence-electron chi connectivity index (χ1n) is 4.36. The summed E-state index contributed by atoms with van der Waals surface area (Å²) in [6.45, 7) is 1.70. The van der Waals surface area contributed by atoms with E-state index in [0.29, 0.717) is 6.42 Å². The van der Waals surface area contributed by atoms with Crippen LogP contribution in [0.2, 0.25) is 0 Å². The Morgan fingerprint density at radius 1 is 1.38 bits per heavy atom. The summed E-state index contributed by atoms with van der Waals surface area (Å²) in [6.07, 6.45) is 0.0745. The summed E-state index contributed by atoms with van der Waals surface area (Å²) in [5.41, 5.74) is 0.978. The predicted molar refractivity (Wildman–Crippen MR) is 51.1 cm³/mol. The molecule has 2 unspecified atom stereocenters. The molecule has 2 heteroatoms. The van der Waals surface area contributed by atoms with Gasteiger partial charge in [0.15, 0.2) is 0 Å². The molecule has 0 aromatic heterocycles. The summed E-state index contributed by atoms with van der Waals surface area (Å²) >= 11 is 0. The molecule has 1 aromatic rings. The molecule has 13 heavy (non-hydrogen) atoms. The summed E-state index contributed by atoms with van der Waals surface area (Å²) < 4.78 is 0. The van der Waals surface area contributed by atoms with Crippen molar-refractivity contribution in [2.45, 2.75) is 25.4 Å². The summed E-state index contributed by atoms with van der Waals surface area (Å²) in [4.78, 5) is 0. The van der Waals surface area contributed by atoms with Gasteiger partial charge in [0.25, 0.3) is 0 Å². The highest BCUT2D eigenvalue weighted by Gasteiger charge is 2.12. The van der Waals surface area contributed by atoms with E-state index in [0.717, 1.165) is 5.56 Å². The molecule has 0 aliphatic carbocycles. The second kappa shape index (κ2) is 4.64. The Morgan fingerprint density at radius 3 is 2.46 bits per heavy atom. The van der Waals surface area contributed by atoms with Crippen LogP contribution in [-0.2, 0) is 0 Å². The average Bonchev–Trinajstić information content (AvgIpc) is 2.15. The van der Waals surface area contributed by atoms with Crippen molar-refractivity contribution in [3.05, 3.63) is 35.9 Å². The molecule has 0 spiro atoms. The largest absolute Gasteiger partial charge is 0.393 e. The minimum atomic E-state index is -0.426. The normalized spacial score (nSPS) is 14.5. The van der Waals surface area contributed by atoms with Gasteiger partial charge in [0.05, 0.1) is 18.1 Å². The molecule has 0 radical (unpaired) electrons. The third-order valence-electron chi connectivity index (χ3n) is 1.93. The molecule has 2 atom stereocenters. The monoisotopic (exact) mass is 175 g/mol. The van der Waals surface area contributed by atoms with Gasteiger partial charge in [-0.3, -0.25) is 0 Å². The molecule has 68 valence electrons. The van der Waals surface area contributed by atoms with Crippen LogP contribution in [0, 0.1) is 11.3 Å². The fourth-order valence-electron chi connectivity index (χ4n) is 1.29. The van der Waals surface area contributed by atoms with Gasteiger partial charge >= 0.3 is 0 Å². The van der Waals surface area contributed by atoms with E-state index in [1.807, 2.05) is 30.3 Å². The highest BCUT2D eigenvalue weighted by molar-refractivity contribution is 5.24. The van der Waals surface area contributed by atoms with Crippen molar-refractivity contribution in [1.29, 1.82) is 5.26 Å². The number of nitrogens with zero attached hydrogens (tertiary/aromatic N) is 1. The summed E-state index contributed by atoms with van der Waals surface area (Å²) in [5, 5.41) is 18.0. The van der Waals surface area contributed by atoms with Crippen molar-refractivity contribution in [3.63, 3.8) is 0 Å². The molecule has 1 aromatic carbocycles. The topological polar surface area (TPSA) is 44.0 Å². The van der Waals surface area contributed by atoms with Crippen LogP contribution in [0.4, 0.5) is 0 Å². The zero-order chi connectivity index (χ0) is 9.68. The molecular formula is C11H13NO. The van der Waals surface area contributed by atoms with Gasteiger partial charge in [0, 0.05) is 0 Å². The number of hydrogen-bond donors (Lipinski definition) is 1. The van der Waals surface area contributed by atoms with Crippen LogP contribution in [0.15, 0.2) is 30.3 Å². The van der Waals surface area contributed by atoms with E-state index < -0.39 is 6.10 Å². The van der Waals surface area contributed by atoms with Gasteiger partial charge in [-0.25, -0.2) is 0 Å². The summed E-state index contributed by atoms with van der Waals surface area (Å²) in [7, 11) is 0. The predicted octanol–water partition coefficient (Wildman–Crippen LogP) is 2.06. The average molecular weight is 175 g/mol. The van der Waals surface area contributed by atoms with Crippen molar-refractivity contribution < 1.29 is 5.11 Å². The first kappa shape index (κ1) is 9.76. The Kier molecular flexibility index (Phi) is 3.48. The van der Waals surface area contributed by atoms with Gasteiger partial charge in [-0.1, -0.05) is 30.3 Å². The van der Waals surface area contributed by atoms with Crippen LogP contribution in [-0.4, -0.2) is 11.2 Å². The number of rotatable bonds is 3. The van der Waals surface area contributed by atoms with Gasteiger partial charge in [-0.15, -0.1) is 0 Å². The molecule has 0 aliphatic heterocycles. The van der Waals surface area contributed by atoms with Gasteiger partial charge in [-0.2, -0.15) is 5.26 Å². The Hall–Kier alpha value is -1.33. The Morgan fingerprint density at radius 2 is 2.00 bits per heavy atom.